The maximum atomic E-state index is 12.9. The van der Waals surface area contributed by atoms with E-state index in [2.05, 4.69) is 46.3 Å². The van der Waals surface area contributed by atoms with Gasteiger partial charge >= 0.3 is 17.9 Å². The summed E-state index contributed by atoms with van der Waals surface area (Å²) >= 11 is 0. The first-order valence-electron chi connectivity index (χ1n) is 22.0. The highest BCUT2D eigenvalue weighted by atomic mass is 16.7. The summed E-state index contributed by atoms with van der Waals surface area (Å²) in [6.45, 7) is 19.2. The third-order valence-corrected chi connectivity index (χ3v) is 18.6. The number of ether oxygens (including phenoxy) is 4. The van der Waals surface area contributed by atoms with Crippen molar-refractivity contribution in [2.45, 2.75) is 144 Å². The molecule has 0 N–H and O–H groups in total. The van der Waals surface area contributed by atoms with Crippen molar-refractivity contribution < 1.29 is 33.3 Å². The summed E-state index contributed by atoms with van der Waals surface area (Å²) in [5, 5.41) is 0. The van der Waals surface area contributed by atoms with Gasteiger partial charge in [-0.05, 0) is 166 Å². The summed E-state index contributed by atoms with van der Waals surface area (Å²) in [6.07, 6.45) is 15.6. The molecule has 52 heavy (non-hydrogen) atoms. The van der Waals surface area contributed by atoms with Crippen LogP contribution >= 0.6 is 0 Å². The minimum absolute atomic E-state index is 0.0866. The monoisotopic (exact) mass is 723 g/mol. The van der Waals surface area contributed by atoms with E-state index in [9.17, 15) is 14.4 Å². The molecular formula is C45H70O7. The standard InChI is InChI=1S/C20H32O2.C19H30O2.C6H8O3/c1-11-12(2)16-10-15(11)18-14-8-13(17(9-14)19(16)18)4-5-20(3)21-6-7-22-20;1-4-19(10-13-5-6-15(19)7-13)21-18(20)17-9-14-8-16(17)12(3)11(14)2;1-3-4(2)6(8)9-5(3)7/h11-19H,4-10H2,1-3H3;11-17H,4-10H2,1-3H3;3-4H,1-2H3. The van der Waals surface area contributed by atoms with Gasteiger partial charge in [0.15, 0.2) is 5.79 Å². The second-order valence-electron chi connectivity index (χ2n) is 20.4. The van der Waals surface area contributed by atoms with E-state index in [0.717, 1.165) is 110 Å². The fourth-order valence-electron chi connectivity index (χ4n) is 15.0. The molecule has 8 aliphatic carbocycles. The predicted molar refractivity (Wildman–Crippen MR) is 198 cm³/mol. The Labute approximate surface area is 314 Å². The summed E-state index contributed by atoms with van der Waals surface area (Å²) in [4.78, 5) is 34.0. The predicted octanol–water partition coefficient (Wildman–Crippen LogP) is 9.11. The van der Waals surface area contributed by atoms with Gasteiger partial charge in [-0.2, -0.15) is 0 Å². The Balaban J connectivity index is 0.000000121. The molecule has 2 aliphatic heterocycles. The molecule has 292 valence electrons. The largest absolute Gasteiger partial charge is 0.459 e. The molecule has 10 fully saturated rings. The number of carbonyl (C=O) groups excluding carboxylic acids is 3. The van der Waals surface area contributed by atoms with Crippen molar-refractivity contribution >= 4 is 17.9 Å². The second kappa shape index (κ2) is 13.9. The van der Waals surface area contributed by atoms with Crippen LogP contribution in [0.4, 0.5) is 0 Å². The molecule has 8 bridgehead atoms. The SMILES string of the molecule is CC1C(=O)OC(=O)C1C.CC1C(C)C2CC1C1C3CC(CCC4(C)OCCO4)C(C3)C21.CCC1(OC(=O)C2CC3CC2C(C)C3C)CC2CCC1C2. The number of cyclic esters (lactones) is 2. The molecule has 0 amide bonds. The van der Waals surface area contributed by atoms with Crippen LogP contribution in [0.3, 0.4) is 0 Å². The summed E-state index contributed by atoms with van der Waals surface area (Å²) in [5.74, 6) is 12.6. The van der Waals surface area contributed by atoms with Crippen LogP contribution in [0.15, 0.2) is 0 Å². The lowest BCUT2D eigenvalue weighted by atomic mass is 9.61. The van der Waals surface area contributed by atoms with Crippen molar-refractivity contribution in [1.82, 2.24) is 0 Å². The fraction of sp³-hybridized carbons (Fsp3) is 0.933. The van der Waals surface area contributed by atoms with E-state index in [1.54, 1.807) is 26.7 Å². The maximum Gasteiger partial charge on any atom is 0.317 e. The zero-order valence-corrected chi connectivity index (χ0v) is 33.6. The number of hydrogen-bond donors (Lipinski definition) is 0. The van der Waals surface area contributed by atoms with Crippen LogP contribution in [0.5, 0.6) is 0 Å². The molecule has 10 aliphatic rings. The average Bonchev–Trinajstić information content (AvgIpc) is 3.98. The van der Waals surface area contributed by atoms with Crippen LogP contribution in [0.1, 0.15) is 132 Å². The highest BCUT2D eigenvalue weighted by Crippen LogP contribution is 2.72. The number of carbonyl (C=O) groups is 3. The van der Waals surface area contributed by atoms with Crippen LogP contribution < -0.4 is 0 Å². The summed E-state index contributed by atoms with van der Waals surface area (Å²) in [6, 6.07) is 0. The van der Waals surface area contributed by atoms with E-state index in [0.29, 0.717) is 17.8 Å². The first kappa shape index (κ1) is 37.5. The third kappa shape index (κ3) is 6.15. The second-order valence-corrected chi connectivity index (χ2v) is 20.4. The Hall–Kier alpha value is -1.47. The van der Waals surface area contributed by atoms with E-state index in [1.165, 1.54) is 38.5 Å². The van der Waals surface area contributed by atoms with E-state index >= 15 is 0 Å². The lowest BCUT2D eigenvalue weighted by molar-refractivity contribution is -0.174. The summed E-state index contributed by atoms with van der Waals surface area (Å²) < 4.78 is 22.2. The summed E-state index contributed by atoms with van der Waals surface area (Å²) in [5.41, 5.74) is -0.0866. The highest BCUT2D eigenvalue weighted by Gasteiger charge is 2.65. The molecule has 7 nitrogen and oxygen atoms in total. The zero-order chi connectivity index (χ0) is 36.9. The molecule has 0 spiro atoms. The van der Waals surface area contributed by atoms with Crippen molar-refractivity contribution in [2.75, 3.05) is 13.2 Å². The van der Waals surface area contributed by atoms with Gasteiger partial charge in [0, 0.05) is 6.42 Å². The lowest BCUT2D eigenvalue weighted by Crippen LogP contribution is -2.43. The molecule has 0 radical (unpaired) electrons. The molecule has 2 heterocycles. The molecular weight excluding hydrogens is 652 g/mol. The number of rotatable bonds is 6. The topological polar surface area (TPSA) is 88.1 Å². The molecule has 0 aromatic heterocycles. The van der Waals surface area contributed by atoms with Gasteiger partial charge < -0.3 is 18.9 Å². The minimum Gasteiger partial charge on any atom is -0.459 e. The van der Waals surface area contributed by atoms with E-state index in [-0.39, 0.29) is 35.1 Å². The fourth-order valence-corrected chi connectivity index (χ4v) is 15.0. The Morgan fingerprint density at radius 2 is 1.37 bits per heavy atom. The normalized spacial score (nSPS) is 52.4. The Morgan fingerprint density at radius 1 is 0.731 bits per heavy atom. The minimum atomic E-state index is -0.396. The molecule has 19 atom stereocenters. The van der Waals surface area contributed by atoms with Gasteiger partial charge in [-0.25, -0.2) is 0 Å². The van der Waals surface area contributed by atoms with Crippen molar-refractivity contribution in [3.05, 3.63) is 0 Å². The Kier molecular flexibility index (Phi) is 10.0. The van der Waals surface area contributed by atoms with E-state index in [4.69, 9.17) is 14.2 Å². The van der Waals surface area contributed by atoms with Gasteiger partial charge in [0.05, 0.1) is 31.0 Å². The molecule has 0 aromatic rings. The van der Waals surface area contributed by atoms with Gasteiger partial charge in [0.1, 0.15) is 5.60 Å². The molecule has 19 unspecified atom stereocenters. The lowest BCUT2D eigenvalue weighted by Gasteiger charge is -2.44. The van der Waals surface area contributed by atoms with E-state index in [1.807, 2.05) is 0 Å². The third-order valence-electron chi connectivity index (χ3n) is 18.6. The van der Waals surface area contributed by atoms with Crippen molar-refractivity contribution in [3.63, 3.8) is 0 Å². The molecule has 7 heteroatoms. The van der Waals surface area contributed by atoms with Crippen LogP contribution in [0, 0.1) is 107 Å². The quantitative estimate of drug-likeness (QED) is 0.154. The Morgan fingerprint density at radius 3 is 1.90 bits per heavy atom. The van der Waals surface area contributed by atoms with Crippen LogP contribution in [0.2, 0.25) is 0 Å². The first-order valence-corrected chi connectivity index (χ1v) is 22.0. The molecule has 8 saturated carbocycles. The van der Waals surface area contributed by atoms with Gasteiger partial charge in [0.2, 0.25) is 0 Å². The first-order chi connectivity index (χ1) is 24.7. The number of hydrogen-bond acceptors (Lipinski definition) is 7. The highest BCUT2D eigenvalue weighted by molar-refractivity contribution is 5.95. The van der Waals surface area contributed by atoms with Crippen molar-refractivity contribution in [3.8, 4) is 0 Å². The average molecular weight is 723 g/mol. The van der Waals surface area contributed by atoms with Crippen molar-refractivity contribution in [2.24, 2.45) is 107 Å². The van der Waals surface area contributed by atoms with Crippen LogP contribution in [-0.4, -0.2) is 42.5 Å². The zero-order valence-electron chi connectivity index (χ0n) is 33.6. The Bertz CT molecular complexity index is 1350. The van der Waals surface area contributed by atoms with Gasteiger partial charge in [-0.3, -0.25) is 14.4 Å². The maximum absolute atomic E-state index is 12.9. The van der Waals surface area contributed by atoms with Crippen molar-refractivity contribution in [1.29, 1.82) is 0 Å². The smallest absolute Gasteiger partial charge is 0.317 e. The molecule has 10 rings (SSSR count). The number of esters is 3. The van der Waals surface area contributed by atoms with Crippen LogP contribution in [0.25, 0.3) is 0 Å². The molecule has 2 saturated heterocycles. The summed E-state index contributed by atoms with van der Waals surface area (Å²) in [7, 11) is 0. The van der Waals surface area contributed by atoms with E-state index < -0.39 is 11.9 Å². The van der Waals surface area contributed by atoms with Crippen LogP contribution in [-0.2, 0) is 33.3 Å². The van der Waals surface area contributed by atoms with Gasteiger partial charge in [-0.15, -0.1) is 0 Å². The number of fused-ring (bicyclic) bond motifs is 13. The van der Waals surface area contributed by atoms with Gasteiger partial charge in [-0.1, -0.05) is 48.5 Å². The molecule has 0 aromatic carbocycles. The van der Waals surface area contributed by atoms with Gasteiger partial charge in [0.25, 0.3) is 0 Å².